The minimum absolute atomic E-state index is 0.159. The zero-order valence-corrected chi connectivity index (χ0v) is 18.7. The Kier molecular flexibility index (Phi) is 5.56. The Bertz CT molecular complexity index is 1320. The minimum Gasteiger partial charge on any atom is -0.372 e. The van der Waals surface area contributed by atoms with Crippen molar-refractivity contribution < 1.29 is 0 Å². The lowest BCUT2D eigenvalue weighted by atomic mass is 10.0. The van der Waals surface area contributed by atoms with Gasteiger partial charge >= 0.3 is 0 Å². The summed E-state index contributed by atoms with van der Waals surface area (Å²) in [5.41, 5.74) is 1.93. The molecular formula is C22H20Cl2N6O. The van der Waals surface area contributed by atoms with E-state index in [0.29, 0.717) is 33.4 Å². The summed E-state index contributed by atoms with van der Waals surface area (Å²) in [6.07, 6.45) is 4.95. The van der Waals surface area contributed by atoms with Crippen LogP contribution in [0.3, 0.4) is 0 Å². The molecule has 0 fully saturated rings. The van der Waals surface area contributed by atoms with E-state index in [1.807, 2.05) is 32.0 Å². The van der Waals surface area contributed by atoms with Crippen molar-refractivity contribution in [1.29, 1.82) is 0 Å². The van der Waals surface area contributed by atoms with Gasteiger partial charge in [0.2, 0.25) is 0 Å². The average molecular weight is 455 g/mol. The molecule has 0 unspecified atom stereocenters. The van der Waals surface area contributed by atoms with Crippen LogP contribution in [0, 0.1) is 0 Å². The summed E-state index contributed by atoms with van der Waals surface area (Å²) in [6, 6.07) is 10.8. The molecule has 3 aromatic heterocycles. The van der Waals surface area contributed by atoms with E-state index >= 15 is 0 Å². The molecule has 0 amide bonds. The maximum atomic E-state index is 12.8. The molecule has 0 saturated heterocycles. The molecule has 0 aliphatic carbocycles. The van der Waals surface area contributed by atoms with E-state index in [1.54, 1.807) is 48.4 Å². The van der Waals surface area contributed by atoms with Crippen molar-refractivity contribution in [1.82, 2.24) is 19.5 Å². The Morgan fingerprint density at radius 3 is 2.42 bits per heavy atom. The molecule has 4 rings (SSSR count). The highest BCUT2D eigenvalue weighted by Gasteiger charge is 2.25. The quantitative estimate of drug-likeness (QED) is 0.407. The Morgan fingerprint density at radius 2 is 1.68 bits per heavy atom. The number of benzene rings is 1. The first-order valence-electron chi connectivity index (χ1n) is 9.53. The highest BCUT2D eigenvalue weighted by atomic mass is 35.5. The van der Waals surface area contributed by atoms with Crippen molar-refractivity contribution in [3.63, 3.8) is 0 Å². The first-order valence-corrected chi connectivity index (χ1v) is 10.3. The van der Waals surface area contributed by atoms with Crippen LogP contribution in [0.25, 0.3) is 10.9 Å². The van der Waals surface area contributed by atoms with Crippen LogP contribution >= 0.6 is 23.2 Å². The van der Waals surface area contributed by atoms with Crippen molar-refractivity contribution in [2.75, 3.05) is 10.6 Å². The molecular weight excluding hydrogens is 435 g/mol. The van der Waals surface area contributed by atoms with Gasteiger partial charge in [-0.3, -0.25) is 4.79 Å². The van der Waals surface area contributed by atoms with Crippen LogP contribution in [-0.4, -0.2) is 19.5 Å². The van der Waals surface area contributed by atoms with Gasteiger partial charge in [0.25, 0.3) is 5.56 Å². The topological polar surface area (TPSA) is 84.7 Å². The SMILES string of the molecule is Cn1c(=O)cc(NC(C)(C)c2ncccn2)c2cccc(Nc3ccnc(Cl)c3Cl)c21. The van der Waals surface area contributed by atoms with Crippen LogP contribution in [0.4, 0.5) is 17.1 Å². The van der Waals surface area contributed by atoms with Crippen LogP contribution < -0.4 is 16.2 Å². The van der Waals surface area contributed by atoms with Crippen molar-refractivity contribution in [3.8, 4) is 0 Å². The fourth-order valence-corrected chi connectivity index (χ4v) is 3.73. The lowest BCUT2D eigenvalue weighted by Crippen LogP contribution is -2.31. The van der Waals surface area contributed by atoms with Crippen LogP contribution in [-0.2, 0) is 12.6 Å². The van der Waals surface area contributed by atoms with Crippen LogP contribution in [0.2, 0.25) is 10.2 Å². The molecule has 0 radical (unpaired) electrons. The molecule has 7 nitrogen and oxygen atoms in total. The molecule has 0 aliphatic rings. The molecule has 0 aliphatic heterocycles. The lowest BCUT2D eigenvalue weighted by Gasteiger charge is -2.27. The van der Waals surface area contributed by atoms with Gasteiger partial charge in [0, 0.05) is 42.8 Å². The fraction of sp³-hybridized carbons (Fsp3) is 0.182. The van der Waals surface area contributed by atoms with Gasteiger partial charge in [-0.25, -0.2) is 15.0 Å². The fourth-order valence-electron chi connectivity index (χ4n) is 3.41. The molecule has 158 valence electrons. The number of hydrogen-bond donors (Lipinski definition) is 2. The number of aryl methyl sites for hydroxylation is 1. The third-order valence-electron chi connectivity index (χ3n) is 4.95. The van der Waals surface area contributed by atoms with Crippen molar-refractivity contribution in [2.45, 2.75) is 19.4 Å². The molecule has 9 heteroatoms. The summed E-state index contributed by atoms with van der Waals surface area (Å²) in [5, 5.41) is 8.07. The van der Waals surface area contributed by atoms with Gasteiger partial charge < -0.3 is 15.2 Å². The molecule has 0 atom stereocenters. The van der Waals surface area contributed by atoms with Gasteiger partial charge in [0.1, 0.15) is 10.2 Å². The van der Waals surface area contributed by atoms with Crippen molar-refractivity contribution in [2.24, 2.45) is 7.05 Å². The van der Waals surface area contributed by atoms with Crippen LogP contribution in [0.5, 0.6) is 0 Å². The van der Waals surface area contributed by atoms with Gasteiger partial charge in [0.15, 0.2) is 5.82 Å². The molecule has 3 heterocycles. The van der Waals surface area contributed by atoms with Gasteiger partial charge in [-0.1, -0.05) is 35.3 Å². The number of halogens is 2. The molecule has 0 bridgehead atoms. The highest BCUT2D eigenvalue weighted by molar-refractivity contribution is 6.43. The Labute approximate surface area is 189 Å². The number of aromatic nitrogens is 4. The maximum absolute atomic E-state index is 12.8. The first kappa shape index (κ1) is 21.1. The van der Waals surface area contributed by atoms with E-state index in [9.17, 15) is 4.79 Å². The number of hydrogen-bond acceptors (Lipinski definition) is 6. The van der Waals surface area contributed by atoms with E-state index in [1.165, 1.54) is 0 Å². The summed E-state index contributed by atoms with van der Waals surface area (Å²) in [4.78, 5) is 25.5. The second-order valence-corrected chi connectivity index (χ2v) is 8.30. The van der Waals surface area contributed by atoms with Crippen molar-refractivity contribution in [3.05, 3.63) is 81.3 Å². The largest absolute Gasteiger partial charge is 0.372 e. The van der Waals surface area contributed by atoms with Crippen LogP contribution in [0.15, 0.2) is 59.8 Å². The number of anilines is 3. The third-order valence-corrected chi connectivity index (χ3v) is 5.71. The summed E-state index contributed by atoms with van der Waals surface area (Å²) in [6.45, 7) is 3.93. The van der Waals surface area contributed by atoms with E-state index in [2.05, 4.69) is 25.6 Å². The molecule has 1 aromatic carbocycles. The Balaban J connectivity index is 1.84. The monoisotopic (exact) mass is 454 g/mol. The normalized spacial score (nSPS) is 11.5. The van der Waals surface area contributed by atoms with Gasteiger partial charge in [-0.05, 0) is 32.0 Å². The number of para-hydroxylation sites is 1. The summed E-state index contributed by atoms with van der Waals surface area (Å²) < 4.78 is 1.59. The minimum atomic E-state index is -0.605. The summed E-state index contributed by atoms with van der Waals surface area (Å²) in [7, 11) is 1.73. The lowest BCUT2D eigenvalue weighted by molar-refractivity contribution is 0.563. The summed E-state index contributed by atoms with van der Waals surface area (Å²) in [5.74, 6) is 0.622. The average Bonchev–Trinajstić information content (AvgIpc) is 2.75. The number of nitrogens with zero attached hydrogens (tertiary/aromatic N) is 4. The standard InChI is InChI=1S/C22H20Cl2N6O/c1-22(2,21-26-9-5-10-27-21)29-16-12-17(31)30(3)19-13(16)6-4-7-15(19)28-14-8-11-25-20(24)18(14)23/h4-12,29H,1-3H3,(H,25,28). The number of rotatable bonds is 5. The Morgan fingerprint density at radius 1 is 0.935 bits per heavy atom. The zero-order valence-electron chi connectivity index (χ0n) is 17.1. The first-order chi connectivity index (χ1) is 14.8. The van der Waals surface area contributed by atoms with E-state index in [0.717, 1.165) is 5.39 Å². The molecule has 2 N–H and O–H groups in total. The molecule has 0 saturated carbocycles. The van der Waals surface area contributed by atoms with Crippen LogP contribution in [0.1, 0.15) is 19.7 Å². The van der Waals surface area contributed by atoms with Gasteiger partial charge in [-0.2, -0.15) is 0 Å². The zero-order chi connectivity index (χ0) is 22.2. The molecule has 0 spiro atoms. The Hall–Kier alpha value is -3.16. The molecule has 4 aromatic rings. The highest BCUT2D eigenvalue weighted by Crippen LogP contribution is 2.35. The second-order valence-electron chi connectivity index (χ2n) is 7.57. The van der Waals surface area contributed by atoms with Gasteiger partial charge in [0.05, 0.1) is 22.4 Å². The smallest absolute Gasteiger partial charge is 0.252 e. The number of fused-ring (bicyclic) bond motifs is 1. The predicted molar refractivity (Wildman–Crippen MR) is 125 cm³/mol. The summed E-state index contributed by atoms with van der Waals surface area (Å²) >= 11 is 12.4. The van der Waals surface area contributed by atoms with Crippen molar-refractivity contribution >= 4 is 51.2 Å². The van der Waals surface area contributed by atoms with E-state index in [4.69, 9.17) is 23.2 Å². The molecule has 31 heavy (non-hydrogen) atoms. The predicted octanol–water partition coefficient (Wildman–Crippen LogP) is 5.12. The number of nitrogens with one attached hydrogen (secondary N) is 2. The second kappa shape index (κ2) is 8.17. The number of pyridine rings is 2. The maximum Gasteiger partial charge on any atom is 0.252 e. The van der Waals surface area contributed by atoms with Gasteiger partial charge in [-0.15, -0.1) is 0 Å². The van der Waals surface area contributed by atoms with E-state index < -0.39 is 5.54 Å². The third kappa shape index (κ3) is 4.06. The van der Waals surface area contributed by atoms with E-state index in [-0.39, 0.29) is 10.7 Å².